The number of alkyl halides is 1. The maximum Gasteiger partial charge on any atom is 0.406 e. The van der Waals surface area contributed by atoms with Crippen molar-refractivity contribution in [2.45, 2.75) is 85.4 Å². The molecule has 8 amide bonds. The number of alkyl carbamates (subject to hydrolysis) is 1. The summed E-state index contributed by atoms with van der Waals surface area (Å²) >= 11 is 0. The van der Waals surface area contributed by atoms with Gasteiger partial charge < -0.3 is 57.3 Å². The van der Waals surface area contributed by atoms with Crippen LogP contribution in [0.5, 0.6) is 0 Å². The standard InChI is InChI=1S/C7H8N2O.C6H7N3O.C6H11NO.C6H9N.C5H9NO.C5H11NO.C4H8FNO.C4H6N2.C4H9NO.C3H7NO2.C3H9NOS.C3H7NO/c1-8-7(10)6-2-4-9-5-3-6;1-7-6(10)5-4-8-2-3-9-5;1-7-6(8)5-3-2-4-5;1-2-6-4-3-5-7-6;1-6-5(7)4-2-3-4;1-4(2)5(7)6-3;1-3(5)4(7)6-2;1-6-4-2-3-5-6;1-5-4-2-6-3-4;1-4-3(5)6-2;1-4-6(2,3)5;1-3(5)4-2/h2-5H,1H3,(H,8,10);2-4H,1H3,(H,7,10);5H,2-4H2,1H3,(H,7,8);3-4H,2,5H2,1H3;4H,2-3H2,1H3,(H,6,7);4H,1-3H3,(H,6,7);3H,1-2H3,(H,6,7);2-4H,1H3;4-5H,2-3H2,1H3;1-2H3,(H,4,5);2H2,1,3H3,(H,4,5);1-2H3,(H,4,5). The van der Waals surface area contributed by atoms with E-state index in [0.717, 1.165) is 51.9 Å². The lowest BCUT2D eigenvalue weighted by molar-refractivity contribution is -0.127. The zero-order valence-electron chi connectivity index (χ0n) is 53.3. The van der Waals surface area contributed by atoms with Crippen molar-refractivity contribution < 1.29 is 56.4 Å². The number of pyridine rings is 1. The number of aromatic nitrogens is 5. The monoisotopic (exact) mass is 1220 g/mol. The lowest BCUT2D eigenvalue weighted by atomic mass is 9.85. The van der Waals surface area contributed by atoms with Gasteiger partial charge in [0.2, 0.25) is 23.6 Å². The van der Waals surface area contributed by atoms with Crippen LogP contribution in [-0.4, -0.2) is 204 Å². The molecular weight excluding hydrogens is 1120 g/mol. The highest BCUT2D eigenvalue weighted by atomic mass is 32.2. The number of hydrogen-bond acceptors (Lipinski definition) is 17. The minimum Gasteiger partial charge on any atom is -0.453 e. The SMILES string of the molecule is C=S(C)(=O)NC.CCC1=NCC=C1.CNC(=O)C(C)C.CNC(=O)C(C)F.CNC(=O)C1CC1.CNC(=O)C1CCC1.CNC(=O)OC.CNC(=O)c1ccncc1.CNC(=O)c1cnccn1.CNC(C)=O.CNC1COC1.Cn1cccn1. The number of aryl methyl sites for hydroxylation is 1. The number of allylic oxidation sites excluding steroid dienone is 1. The zero-order valence-corrected chi connectivity index (χ0v) is 54.2. The maximum atomic E-state index is 11.7. The highest BCUT2D eigenvalue weighted by molar-refractivity contribution is 7.97. The van der Waals surface area contributed by atoms with Crippen LogP contribution in [0, 0.1) is 17.8 Å². The average Bonchev–Trinajstić information content (AvgIpc) is 3.99. The third kappa shape index (κ3) is 56.5. The maximum absolute atomic E-state index is 11.7. The van der Waals surface area contributed by atoms with E-state index in [-0.39, 0.29) is 41.4 Å². The second-order valence-electron chi connectivity index (χ2n) is 17.7. The molecule has 3 fully saturated rings. The Morgan fingerprint density at radius 3 is 1.42 bits per heavy atom. The Labute approximate surface area is 504 Å². The van der Waals surface area contributed by atoms with Crippen LogP contribution in [-0.2, 0) is 50.2 Å². The summed E-state index contributed by atoms with van der Waals surface area (Å²) in [5, 5.41) is 26.4. The van der Waals surface area contributed by atoms with E-state index in [4.69, 9.17) is 4.74 Å². The quantitative estimate of drug-likeness (QED) is 0.137. The molecule has 3 aromatic rings. The average molecular weight is 1230 g/mol. The Bertz CT molecular complexity index is 2290. The van der Waals surface area contributed by atoms with Crippen molar-refractivity contribution in [3.8, 4) is 0 Å². The molecule has 2 unspecified atom stereocenters. The second kappa shape index (κ2) is 56.7. The molecule has 29 heteroatoms. The number of nitrogens with one attached hydrogen (secondary N) is 10. The molecule has 2 atom stereocenters. The summed E-state index contributed by atoms with van der Waals surface area (Å²) in [7, 11) is 17.5. The summed E-state index contributed by atoms with van der Waals surface area (Å²) in [6.07, 6.45) is 21.9. The Balaban J connectivity index is -0.000000275. The highest BCUT2D eigenvalue weighted by Crippen LogP contribution is 2.28. The molecule has 484 valence electrons. The van der Waals surface area contributed by atoms with Crippen LogP contribution in [0.2, 0.25) is 0 Å². The Morgan fingerprint density at radius 2 is 1.26 bits per heavy atom. The third-order valence-corrected chi connectivity index (χ3v) is 11.3. The smallest absolute Gasteiger partial charge is 0.406 e. The van der Waals surface area contributed by atoms with Gasteiger partial charge in [-0.1, -0.05) is 33.3 Å². The van der Waals surface area contributed by atoms with Gasteiger partial charge in [-0.2, -0.15) is 5.10 Å². The minimum absolute atomic E-state index is 0.00463. The number of rotatable bonds is 9. The lowest BCUT2D eigenvalue weighted by Crippen LogP contribution is -2.43. The topological polar surface area (TPSA) is 361 Å². The van der Waals surface area contributed by atoms with Crippen LogP contribution in [0.4, 0.5) is 9.18 Å². The molecule has 5 heterocycles. The van der Waals surface area contributed by atoms with E-state index in [0.29, 0.717) is 29.1 Å². The van der Waals surface area contributed by atoms with Crippen LogP contribution >= 0.6 is 0 Å². The molecule has 27 nitrogen and oxygen atoms in total. The summed E-state index contributed by atoms with van der Waals surface area (Å²) in [5.74, 6) is 3.80. The Morgan fingerprint density at radius 1 is 0.741 bits per heavy atom. The number of nitrogens with zero attached hydrogens (tertiary/aromatic N) is 6. The number of aliphatic imine (C=N–C) groups is 1. The van der Waals surface area contributed by atoms with Crippen molar-refractivity contribution in [3.05, 3.63) is 85.0 Å². The second-order valence-corrected chi connectivity index (χ2v) is 20.1. The van der Waals surface area contributed by atoms with Gasteiger partial charge in [0.15, 0.2) is 6.17 Å². The van der Waals surface area contributed by atoms with Crippen molar-refractivity contribution in [3.63, 3.8) is 0 Å². The van der Waals surface area contributed by atoms with Crippen LogP contribution in [0.25, 0.3) is 0 Å². The molecular formula is C56H101FN16O11S. The Hall–Kier alpha value is -7.76. The van der Waals surface area contributed by atoms with Gasteiger partial charge in [0.25, 0.3) is 17.7 Å². The summed E-state index contributed by atoms with van der Waals surface area (Å²) in [6.45, 7) is 11.2. The van der Waals surface area contributed by atoms with E-state index in [1.807, 2.05) is 40.2 Å². The summed E-state index contributed by atoms with van der Waals surface area (Å²) in [6, 6.07) is 5.86. The van der Waals surface area contributed by atoms with E-state index in [9.17, 15) is 47.0 Å². The molecule has 0 bridgehead atoms. The molecule has 10 N–H and O–H groups in total. The van der Waals surface area contributed by atoms with Gasteiger partial charge >= 0.3 is 6.09 Å². The van der Waals surface area contributed by atoms with Crippen molar-refractivity contribution in [1.82, 2.24) is 77.3 Å². The van der Waals surface area contributed by atoms with Gasteiger partial charge in [0.05, 0.1) is 39.1 Å². The van der Waals surface area contributed by atoms with Gasteiger partial charge in [-0.15, -0.1) is 0 Å². The van der Waals surface area contributed by atoms with Crippen LogP contribution in [0.3, 0.4) is 0 Å². The van der Waals surface area contributed by atoms with Crippen molar-refractivity contribution in [1.29, 1.82) is 0 Å². The minimum atomic E-state index is -1.91. The van der Waals surface area contributed by atoms with Crippen LogP contribution in [0.15, 0.2) is 78.7 Å². The number of carbonyl (C=O) groups is 8. The molecule has 3 aromatic heterocycles. The first-order valence-electron chi connectivity index (χ1n) is 27.1. The molecule has 4 aliphatic rings. The fraction of sp³-hybridized carbons (Fsp3) is 0.571. The van der Waals surface area contributed by atoms with E-state index in [1.165, 1.54) is 65.8 Å². The fourth-order valence-corrected chi connectivity index (χ4v) is 4.59. The number of halogens is 1. The highest BCUT2D eigenvalue weighted by Gasteiger charge is 2.28. The molecule has 1 saturated heterocycles. The van der Waals surface area contributed by atoms with Gasteiger partial charge in [-0.3, -0.25) is 57.4 Å². The van der Waals surface area contributed by atoms with Gasteiger partial charge in [-0.05, 0) is 83.3 Å². The summed E-state index contributed by atoms with van der Waals surface area (Å²) in [5.41, 5.74) is 2.21. The molecule has 0 radical (unpaired) electrons. The lowest BCUT2D eigenvalue weighted by Gasteiger charge is -2.24. The fourth-order valence-electron chi connectivity index (χ4n) is 4.59. The Kier molecular flexibility index (Phi) is 57.4. The first-order chi connectivity index (χ1) is 40.1. The first kappa shape index (κ1) is 86.0. The normalized spacial score (nSPS) is 13.3. The van der Waals surface area contributed by atoms with Crippen molar-refractivity contribution >= 4 is 68.7 Å². The number of carbonyl (C=O) groups excluding carboxylic acids is 8. The van der Waals surface area contributed by atoms with Crippen LogP contribution in [0.1, 0.15) is 94.0 Å². The van der Waals surface area contributed by atoms with Crippen molar-refractivity contribution in [2.75, 3.05) is 104 Å². The molecule has 7 rings (SSSR count). The summed E-state index contributed by atoms with van der Waals surface area (Å²) in [4.78, 5) is 98.2. The van der Waals surface area contributed by atoms with E-state index >= 15 is 0 Å². The number of likely N-dealkylation sites (N-methyl/N-ethyl adjacent to an activating group) is 1. The van der Waals surface area contributed by atoms with E-state index in [1.54, 1.807) is 91.0 Å². The summed E-state index contributed by atoms with van der Waals surface area (Å²) < 4.78 is 35.3. The largest absolute Gasteiger partial charge is 0.453 e. The molecule has 2 aliphatic heterocycles. The van der Waals surface area contributed by atoms with E-state index in [2.05, 4.69) is 107 Å². The molecule has 2 saturated carbocycles. The van der Waals surface area contributed by atoms with Crippen LogP contribution < -0.4 is 52.6 Å². The number of hydrogen-bond donors (Lipinski definition) is 10. The predicted octanol–water partition coefficient (Wildman–Crippen LogP) is 2.05. The van der Waals surface area contributed by atoms with Gasteiger partial charge in [0.1, 0.15) is 5.69 Å². The third-order valence-electron chi connectivity index (χ3n) is 10.4. The molecule has 85 heavy (non-hydrogen) atoms. The number of amides is 8. The zero-order chi connectivity index (χ0) is 66.2. The number of ether oxygens (including phenoxy) is 2. The van der Waals surface area contributed by atoms with E-state index < -0.39 is 27.9 Å². The van der Waals surface area contributed by atoms with Gasteiger partial charge in [-0.25, -0.2) is 18.9 Å². The molecule has 0 aromatic carbocycles. The first-order valence-corrected chi connectivity index (χ1v) is 29.2. The van der Waals surface area contributed by atoms with Crippen molar-refractivity contribution in [2.24, 2.45) is 29.8 Å². The number of methoxy groups -OCH3 is 1. The molecule has 0 spiro atoms. The molecule has 2 aliphatic carbocycles. The predicted molar refractivity (Wildman–Crippen MR) is 335 cm³/mol. The van der Waals surface area contributed by atoms with Gasteiger partial charge in [0, 0.05) is 153 Å².